The van der Waals surface area contributed by atoms with E-state index in [9.17, 15) is 4.79 Å². The van der Waals surface area contributed by atoms with Crippen LogP contribution >= 0.6 is 0 Å². The lowest BCUT2D eigenvalue weighted by Crippen LogP contribution is -2.26. The van der Waals surface area contributed by atoms with Gasteiger partial charge in [-0.05, 0) is 52.5 Å². The number of hydrogen-bond donors (Lipinski definition) is 2. The third kappa shape index (κ3) is 30.4. The average Bonchev–Trinajstić information content (AvgIpc) is 2.42. The van der Waals surface area contributed by atoms with Crippen LogP contribution in [0, 0.1) is 0 Å². The topological polar surface area (TPSA) is 52.6 Å². The molecule has 0 aromatic heterocycles. The predicted octanol–water partition coefficient (Wildman–Crippen LogP) is 2.48. The van der Waals surface area contributed by atoms with Crippen molar-refractivity contribution in [1.29, 1.82) is 0 Å². The summed E-state index contributed by atoms with van der Waals surface area (Å²) in [5, 5.41) is 12.1. The van der Waals surface area contributed by atoms with Gasteiger partial charge < -0.3 is 15.3 Å². The van der Waals surface area contributed by atoms with Crippen LogP contribution in [-0.2, 0) is 4.79 Å². The van der Waals surface area contributed by atoms with E-state index >= 15 is 0 Å². The SMILES string of the molecule is C=CC(C)=O.CCN(CC)CCC(C)O.CCNCC. The van der Waals surface area contributed by atoms with E-state index in [1.807, 2.05) is 6.92 Å². The van der Waals surface area contributed by atoms with Crippen LogP contribution < -0.4 is 5.32 Å². The number of ketones is 1. The van der Waals surface area contributed by atoms with Gasteiger partial charge >= 0.3 is 0 Å². The van der Waals surface area contributed by atoms with E-state index in [0.717, 1.165) is 39.1 Å². The van der Waals surface area contributed by atoms with Crippen LogP contribution in [0.2, 0.25) is 0 Å². The summed E-state index contributed by atoms with van der Waals surface area (Å²) < 4.78 is 0. The molecule has 0 saturated heterocycles. The van der Waals surface area contributed by atoms with Crippen molar-refractivity contribution in [1.82, 2.24) is 10.2 Å². The first kappa shape index (κ1) is 24.3. The fourth-order valence-electron chi connectivity index (χ4n) is 1.16. The fourth-order valence-corrected chi connectivity index (χ4v) is 1.16. The highest BCUT2D eigenvalue weighted by atomic mass is 16.3. The molecule has 0 bridgehead atoms. The monoisotopic (exact) mass is 288 g/mol. The maximum Gasteiger partial charge on any atom is 0.152 e. The number of aliphatic hydroxyl groups is 1. The van der Waals surface area contributed by atoms with Gasteiger partial charge in [-0.1, -0.05) is 34.3 Å². The Morgan fingerprint density at radius 3 is 1.80 bits per heavy atom. The minimum Gasteiger partial charge on any atom is -0.393 e. The lowest BCUT2D eigenvalue weighted by molar-refractivity contribution is -0.112. The summed E-state index contributed by atoms with van der Waals surface area (Å²) in [6.45, 7) is 20.4. The number of carbonyl (C=O) groups excluding carboxylic acids is 1. The Morgan fingerprint density at radius 2 is 1.65 bits per heavy atom. The molecule has 4 nitrogen and oxygen atoms in total. The summed E-state index contributed by atoms with van der Waals surface area (Å²) in [5.74, 6) is 0.0185. The van der Waals surface area contributed by atoms with Gasteiger partial charge in [-0.15, -0.1) is 0 Å². The molecule has 1 atom stereocenters. The first-order valence-electron chi connectivity index (χ1n) is 7.63. The van der Waals surface area contributed by atoms with E-state index in [-0.39, 0.29) is 11.9 Å². The predicted molar refractivity (Wildman–Crippen MR) is 89.2 cm³/mol. The van der Waals surface area contributed by atoms with Crippen molar-refractivity contribution >= 4 is 5.78 Å². The van der Waals surface area contributed by atoms with Gasteiger partial charge in [-0.25, -0.2) is 0 Å². The second kappa shape index (κ2) is 20.6. The number of nitrogens with one attached hydrogen (secondary N) is 1. The molecule has 0 aromatic rings. The number of nitrogens with zero attached hydrogens (tertiary/aromatic N) is 1. The molecule has 0 heterocycles. The maximum absolute atomic E-state index is 9.69. The Labute approximate surface area is 126 Å². The standard InChI is InChI=1S/C8H19NO.C4H11N.C4H6O/c1-4-9(5-2)7-6-8(3)10;1-3-5-4-2;1-3-4(2)5/h8,10H,4-7H2,1-3H3;5H,3-4H2,1-2H3;3H,1H2,2H3. The highest BCUT2D eigenvalue weighted by Gasteiger charge is 2.00. The first-order chi connectivity index (χ1) is 9.39. The zero-order valence-corrected chi connectivity index (χ0v) is 14.4. The molecule has 1 unspecified atom stereocenters. The minimum atomic E-state index is -0.152. The van der Waals surface area contributed by atoms with Gasteiger partial charge in [-0.2, -0.15) is 0 Å². The van der Waals surface area contributed by atoms with E-state index < -0.39 is 0 Å². The van der Waals surface area contributed by atoms with Gasteiger partial charge in [-0.3, -0.25) is 4.79 Å². The molecule has 122 valence electrons. The summed E-state index contributed by atoms with van der Waals surface area (Å²) in [5.41, 5.74) is 0. The number of allylic oxidation sites excluding steroid dienone is 1. The zero-order valence-electron chi connectivity index (χ0n) is 14.4. The van der Waals surface area contributed by atoms with Crippen LogP contribution in [0.1, 0.15) is 48.0 Å². The Hall–Kier alpha value is -0.710. The van der Waals surface area contributed by atoms with Crippen molar-refractivity contribution in [3.63, 3.8) is 0 Å². The molecular weight excluding hydrogens is 252 g/mol. The third-order valence-corrected chi connectivity index (χ3v) is 2.54. The van der Waals surface area contributed by atoms with Gasteiger partial charge in [0.25, 0.3) is 0 Å². The molecule has 0 rings (SSSR count). The van der Waals surface area contributed by atoms with Gasteiger partial charge in [0.2, 0.25) is 0 Å². The molecule has 0 aliphatic carbocycles. The molecule has 0 fully saturated rings. The quantitative estimate of drug-likeness (QED) is 0.674. The maximum atomic E-state index is 9.69. The van der Waals surface area contributed by atoms with E-state index in [2.05, 4.69) is 44.5 Å². The van der Waals surface area contributed by atoms with E-state index in [1.165, 1.54) is 13.0 Å². The first-order valence-corrected chi connectivity index (χ1v) is 7.63. The van der Waals surface area contributed by atoms with E-state index in [0.29, 0.717) is 0 Å². The van der Waals surface area contributed by atoms with Gasteiger partial charge in [0, 0.05) is 6.54 Å². The van der Waals surface area contributed by atoms with Crippen molar-refractivity contribution < 1.29 is 9.90 Å². The molecule has 4 heteroatoms. The molecule has 0 aromatic carbocycles. The Kier molecular flexibility index (Phi) is 25.1. The zero-order chi connectivity index (χ0) is 16.4. The lowest BCUT2D eigenvalue weighted by atomic mass is 10.3. The van der Waals surface area contributed by atoms with Crippen LogP contribution in [0.15, 0.2) is 12.7 Å². The molecule has 0 aliphatic rings. The summed E-state index contributed by atoms with van der Waals surface area (Å²) in [6, 6.07) is 0. The summed E-state index contributed by atoms with van der Waals surface area (Å²) >= 11 is 0. The molecule has 0 amide bonds. The van der Waals surface area contributed by atoms with Crippen LogP contribution in [0.25, 0.3) is 0 Å². The molecule has 20 heavy (non-hydrogen) atoms. The highest BCUT2D eigenvalue weighted by Crippen LogP contribution is 1.94. The van der Waals surface area contributed by atoms with Crippen LogP contribution in [0.5, 0.6) is 0 Å². The Bertz CT molecular complexity index is 201. The molecule has 0 aliphatic heterocycles. The molecule has 0 saturated carbocycles. The Balaban J connectivity index is -0.000000244. The normalized spacial score (nSPS) is 10.8. The lowest BCUT2D eigenvalue weighted by Gasteiger charge is -2.18. The fraction of sp³-hybridized carbons (Fsp3) is 0.812. The largest absolute Gasteiger partial charge is 0.393 e. The van der Waals surface area contributed by atoms with Crippen molar-refractivity contribution in [2.24, 2.45) is 0 Å². The number of carbonyl (C=O) groups is 1. The second-order valence-electron chi connectivity index (χ2n) is 4.44. The van der Waals surface area contributed by atoms with Crippen molar-refractivity contribution in [2.45, 2.75) is 54.1 Å². The molecule has 0 radical (unpaired) electrons. The summed E-state index contributed by atoms with van der Waals surface area (Å²) in [7, 11) is 0. The average molecular weight is 288 g/mol. The van der Waals surface area contributed by atoms with Gasteiger partial charge in [0.1, 0.15) is 0 Å². The minimum absolute atomic E-state index is 0.0185. The molecule has 2 N–H and O–H groups in total. The smallest absolute Gasteiger partial charge is 0.152 e. The molecular formula is C16H36N2O2. The van der Waals surface area contributed by atoms with E-state index in [4.69, 9.17) is 5.11 Å². The summed E-state index contributed by atoms with van der Waals surface area (Å²) in [6.07, 6.45) is 2.02. The second-order valence-corrected chi connectivity index (χ2v) is 4.44. The van der Waals surface area contributed by atoms with Crippen molar-refractivity contribution in [3.05, 3.63) is 12.7 Å². The third-order valence-electron chi connectivity index (χ3n) is 2.54. The van der Waals surface area contributed by atoms with Crippen LogP contribution in [0.4, 0.5) is 0 Å². The van der Waals surface area contributed by atoms with Crippen LogP contribution in [0.3, 0.4) is 0 Å². The number of aliphatic hydroxyl groups excluding tert-OH is 1. The van der Waals surface area contributed by atoms with E-state index in [1.54, 1.807) is 0 Å². The summed E-state index contributed by atoms with van der Waals surface area (Å²) in [4.78, 5) is 12.0. The highest BCUT2D eigenvalue weighted by molar-refractivity contribution is 5.86. The van der Waals surface area contributed by atoms with Crippen molar-refractivity contribution in [2.75, 3.05) is 32.7 Å². The number of rotatable bonds is 8. The van der Waals surface area contributed by atoms with Gasteiger partial charge in [0.05, 0.1) is 6.10 Å². The number of hydrogen-bond acceptors (Lipinski definition) is 4. The molecule has 0 spiro atoms. The van der Waals surface area contributed by atoms with Gasteiger partial charge in [0.15, 0.2) is 5.78 Å². The Morgan fingerprint density at radius 1 is 1.25 bits per heavy atom. The van der Waals surface area contributed by atoms with Crippen molar-refractivity contribution in [3.8, 4) is 0 Å². The van der Waals surface area contributed by atoms with Crippen LogP contribution in [-0.4, -0.2) is 54.6 Å².